The molecule has 1 amide bonds. The Morgan fingerprint density at radius 3 is 2.94 bits per heavy atom. The molecule has 2 N–H and O–H groups in total. The van der Waals surface area contributed by atoms with Crippen LogP contribution >= 0.6 is 0 Å². The quantitative estimate of drug-likeness (QED) is 0.834. The second-order valence-electron chi connectivity index (χ2n) is 5.16. The predicted molar refractivity (Wildman–Crippen MR) is 68.3 cm³/mol. The van der Waals surface area contributed by atoms with Crippen molar-refractivity contribution in [3.63, 3.8) is 0 Å². The number of carbonyl (C=O) groups excluding carboxylic acids is 1. The van der Waals surface area contributed by atoms with E-state index >= 15 is 0 Å². The van der Waals surface area contributed by atoms with Gasteiger partial charge in [0.05, 0.1) is 5.92 Å². The third kappa shape index (κ3) is 1.97. The zero-order chi connectivity index (χ0) is 12.5. The monoisotopic (exact) mass is 246 g/mol. The van der Waals surface area contributed by atoms with Gasteiger partial charge in [0.25, 0.3) is 0 Å². The highest BCUT2D eigenvalue weighted by molar-refractivity contribution is 5.80. The van der Waals surface area contributed by atoms with Gasteiger partial charge in [0.2, 0.25) is 5.91 Å². The number of para-hydroxylation sites is 1. The minimum atomic E-state index is -0.0291. The van der Waals surface area contributed by atoms with Crippen molar-refractivity contribution in [3.05, 3.63) is 29.8 Å². The normalized spacial score (nSPS) is 22.9. The Kier molecular flexibility index (Phi) is 2.96. The number of likely N-dealkylation sites (tertiary alicyclic amines) is 1. The lowest BCUT2D eigenvalue weighted by Gasteiger charge is -2.41. The Bertz CT molecular complexity index is 455. The maximum absolute atomic E-state index is 12.3. The predicted octanol–water partition coefficient (Wildman–Crippen LogP) is 0.655. The van der Waals surface area contributed by atoms with Crippen LogP contribution in [0.2, 0.25) is 0 Å². The van der Waals surface area contributed by atoms with E-state index in [1.807, 2.05) is 29.2 Å². The molecular formula is C14H18N2O2. The first-order chi connectivity index (χ1) is 8.78. The third-order valence-corrected chi connectivity index (χ3v) is 3.83. The molecule has 0 aromatic heterocycles. The highest BCUT2D eigenvalue weighted by Crippen LogP contribution is 2.29. The molecule has 0 bridgehead atoms. The Labute approximate surface area is 107 Å². The SMILES string of the molecule is NCC1CN(C(=O)C2COc3ccccc3C2)C1. The first kappa shape index (κ1) is 11.5. The fraction of sp³-hybridized carbons (Fsp3) is 0.500. The number of amides is 1. The summed E-state index contributed by atoms with van der Waals surface area (Å²) in [5.74, 6) is 1.60. The largest absolute Gasteiger partial charge is 0.492 e. The average Bonchev–Trinajstić information content (AvgIpc) is 2.37. The molecule has 0 saturated carbocycles. The number of hydrogen-bond donors (Lipinski definition) is 1. The molecule has 0 aliphatic carbocycles. The number of ether oxygens (including phenoxy) is 1. The number of carbonyl (C=O) groups is 1. The molecule has 1 aromatic rings. The number of hydrogen-bond acceptors (Lipinski definition) is 3. The second-order valence-corrected chi connectivity index (χ2v) is 5.16. The summed E-state index contributed by atoms with van der Waals surface area (Å²) in [5.41, 5.74) is 6.71. The van der Waals surface area contributed by atoms with Crippen LogP contribution in [0.5, 0.6) is 5.75 Å². The van der Waals surface area contributed by atoms with Gasteiger partial charge < -0.3 is 15.4 Å². The van der Waals surface area contributed by atoms with Gasteiger partial charge in [-0.1, -0.05) is 18.2 Å². The van der Waals surface area contributed by atoms with E-state index in [0.717, 1.165) is 30.8 Å². The molecule has 1 atom stereocenters. The topological polar surface area (TPSA) is 55.6 Å². The molecule has 3 rings (SSSR count). The molecule has 0 spiro atoms. The van der Waals surface area contributed by atoms with Crippen molar-refractivity contribution in [1.82, 2.24) is 4.90 Å². The van der Waals surface area contributed by atoms with Gasteiger partial charge >= 0.3 is 0 Å². The molecule has 2 heterocycles. The first-order valence-corrected chi connectivity index (χ1v) is 6.47. The van der Waals surface area contributed by atoms with Crippen LogP contribution in [-0.2, 0) is 11.2 Å². The molecule has 4 heteroatoms. The van der Waals surface area contributed by atoms with Crippen molar-refractivity contribution < 1.29 is 9.53 Å². The van der Waals surface area contributed by atoms with Crippen molar-refractivity contribution in [2.75, 3.05) is 26.2 Å². The smallest absolute Gasteiger partial charge is 0.229 e. The summed E-state index contributed by atoms with van der Waals surface area (Å²) in [5, 5.41) is 0. The lowest BCUT2D eigenvalue weighted by Crippen LogP contribution is -2.55. The molecular weight excluding hydrogens is 228 g/mol. The fourth-order valence-corrected chi connectivity index (χ4v) is 2.64. The van der Waals surface area contributed by atoms with Crippen LogP contribution in [0.1, 0.15) is 5.56 Å². The number of nitrogens with zero attached hydrogens (tertiary/aromatic N) is 1. The van der Waals surface area contributed by atoms with Crippen LogP contribution in [0.3, 0.4) is 0 Å². The molecule has 96 valence electrons. The second kappa shape index (κ2) is 4.61. The Morgan fingerprint density at radius 1 is 1.39 bits per heavy atom. The first-order valence-electron chi connectivity index (χ1n) is 6.47. The molecule has 2 aliphatic rings. The minimum absolute atomic E-state index is 0.0291. The molecule has 1 saturated heterocycles. The Balaban J connectivity index is 1.64. The van der Waals surface area contributed by atoms with Gasteiger partial charge in [-0.2, -0.15) is 0 Å². The van der Waals surface area contributed by atoms with Gasteiger partial charge in [-0.05, 0) is 24.6 Å². The van der Waals surface area contributed by atoms with Gasteiger partial charge in [-0.15, -0.1) is 0 Å². The summed E-state index contributed by atoms with van der Waals surface area (Å²) in [6.45, 7) is 2.80. The minimum Gasteiger partial charge on any atom is -0.492 e. The maximum Gasteiger partial charge on any atom is 0.229 e. The maximum atomic E-state index is 12.3. The lowest BCUT2D eigenvalue weighted by molar-refractivity contribution is -0.143. The average molecular weight is 246 g/mol. The summed E-state index contributed by atoms with van der Waals surface area (Å²) in [6, 6.07) is 7.95. The molecule has 1 fully saturated rings. The van der Waals surface area contributed by atoms with Crippen LogP contribution in [0.15, 0.2) is 24.3 Å². The Hall–Kier alpha value is -1.55. The van der Waals surface area contributed by atoms with Crippen LogP contribution in [0.4, 0.5) is 0 Å². The van der Waals surface area contributed by atoms with Gasteiger partial charge in [-0.25, -0.2) is 0 Å². The van der Waals surface area contributed by atoms with E-state index in [9.17, 15) is 4.79 Å². The van der Waals surface area contributed by atoms with Gasteiger partial charge in [0.1, 0.15) is 12.4 Å². The van der Waals surface area contributed by atoms with Crippen LogP contribution in [0, 0.1) is 11.8 Å². The molecule has 18 heavy (non-hydrogen) atoms. The van der Waals surface area contributed by atoms with E-state index in [1.54, 1.807) is 0 Å². The highest BCUT2D eigenvalue weighted by Gasteiger charge is 2.35. The lowest BCUT2D eigenvalue weighted by atomic mass is 9.92. The van der Waals surface area contributed by atoms with Crippen molar-refractivity contribution in [2.24, 2.45) is 17.6 Å². The van der Waals surface area contributed by atoms with E-state index in [0.29, 0.717) is 19.1 Å². The number of benzene rings is 1. The zero-order valence-corrected chi connectivity index (χ0v) is 10.3. The van der Waals surface area contributed by atoms with Crippen LogP contribution < -0.4 is 10.5 Å². The Morgan fingerprint density at radius 2 is 2.17 bits per heavy atom. The molecule has 1 unspecified atom stereocenters. The van der Waals surface area contributed by atoms with Crippen molar-refractivity contribution in [1.29, 1.82) is 0 Å². The van der Waals surface area contributed by atoms with E-state index in [1.165, 1.54) is 0 Å². The highest BCUT2D eigenvalue weighted by atomic mass is 16.5. The summed E-state index contributed by atoms with van der Waals surface area (Å²) in [4.78, 5) is 14.2. The standard InChI is InChI=1S/C14H18N2O2/c15-6-10-7-16(8-10)14(17)12-5-11-3-1-2-4-13(11)18-9-12/h1-4,10,12H,5-9,15H2. The summed E-state index contributed by atoms with van der Waals surface area (Å²) < 4.78 is 5.66. The van der Waals surface area contributed by atoms with E-state index in [4.69, 9.17) is 10.5 Å². The number of nitrogens with two attached hydrogens (primary N) is 1. The van der Waals surface area contributed by atoms with Crippen molar-refractivity contribution >= 4 is 5.91 Å². The molecule has 2 aliphatic heterocycles. The van der Waals surface area contributed by atoms with Crippen molar-refractivity contribution in [2.45, 2.75) is 6.42 Å². The van der Waals surface area contributed by atoms with Gasteiger partial charge in [0, 0.05) is 19.0 Å². The van der Waals surface area contributed by atoms with E-state index in [-0.39, 0.29) is 11.8 Å². The fourth-order valence-electron chi connectivity index (χ4n) is 2.64. The molecule has 4 nitrogen and oxygen atoms in total. The summed E-state index contributed by atoms with van der Waals surface area (Å²) >= 11 is 0. The molecule has 1 aromatic carbocycles. The van der Waals surface area contributed by atoms with E-state index in [2.05, 4.69) is 0 Å². The number of fused-ring (bicyclic) bond motifs is 1. The van der Waals surface area contributed by atoms with Crippen molar-refractivity contribution in [3.8, 4) is 5.75 Å². The van der Waals surface area contributed by atoms with Crippen LogP contribution in [-0.4, -0.2) is 37.0 Å². The van der Waals surface area contributed by atoms with Gasteiger partial charge in [-0.3, -0.25) is 4.79 Å². The third-order valence-electron chi connectivity index (χ3n) is 3.83. The zero-order valence-electron chi connectivity index (χ0n) is 10.3. The van der Waals surface area contributed by atoms with Gasteiger partial charge in [0.15, 0.2) is 0 Å². The summed E-state index contributed by atoms with van der Waals surface area (Å²) in [7, 11) is 0. The molecule has 0 radical (unpaired) electrons. The van der Waals surface area contributed by atoms with E-state index < -0.39 is 0 Å². The van der Waals surface area contributed by atoms with Crippen LogP contribution in [0.25, 0.3) is 0 Å². The summed E-state index contributed by atoms with van der Waals surface area (Å²) in [6.07, 6.45) is 0.790. The number of rotatable bonds is 2.